The van der Waals surface area contributed by atoms with Crippen LogP contribution in [-0.4, -0.2) is 29.6 Å². The van der Waals surface area contributed by atoms with Gasteiger partial charge in [-0.3, -0.25) is 9.69 Å². The normalized spacial score (nSPS) is 20.7. The van der Waals surface area contributed by atoms with Crippen LogP contribution in [0, 0.1) is 0 Å². The van der Waals surface area contributed by atoms with Crippen LogP contribution < -0.4 is 5.32 Å². The highest BCUT2D eigenvalue weighted by Gasteiger charge is 2.68. The van der Waals surface area contributed by atoms with Gasteiger partial charge >= 0.3 is 12.2 Å². The predicted octanol–water partition coefficient (Wildman–Crippen LogP) is 3.71. The lowest BCUT2D eigenvalue weighted by molar-refractivity contribution is -0.198. The smallest absolute Gasteiger partial charge is 0.312 e. The lowest BCUT2D eigenvalue weighted by Crippen LogP contribution is -2.55. The molecule has 2 aromatic rings. The Balaban J connectivity index is 1.90. The van der Waals surface area contributed by atoms with Crippen molar-refractivity contribution in [2.24, 2.45) is 0 Å². The molecule has 134 valence electrons. The van der Waals surface area contributed by atoms with Crippen LogP contribution in [0.1, 0.15) is 11.1 Å². The molecule has 1 heterocycles. The molecule has 1 atom stereocenters. The second-order valence-corrected chi connectivity index (χ2v) is 5.77. The Bertz CT molecular complexity index is 835. The number of nitrogens with zero attached hydrogens (tertiary/aromatic N) is 1. The third-order valence-corrected chi connectivity index (χ3v) is 4.14. The molecule has 0 spiro atoms. The summed E-state index contributed by atoms with van der Waals surface area (Å²) in [4.78, 5) is 25.3. The highest BCUT2D eigenvalue weighted by Crippen LogP contribution is 2.43. The van der Waals surface area contributed by atoms with Crippen LogP contribution in [0.4, 0.5) is 18.0 Å². The minimum absolute atomic E-state index is 0.260. The molecular weight excluding hydrogens is 345 g/mol. The first-order chi connectivity index (χ1) is 12.4. The van der Waals surface area contributed by atoms with Crippen LogP contribution in [-0.2, 0) is 10.3 Å². The molecule has 1 aliphatic rings. The Morgan fingerprint density at radius 3 is 2.12 bits per heavy atom. The van der Waals surface area contributed by atoms with E-state index in [1.54, 1.807) is 30.3 Å². The first kappa shape index (κ1) is 17.7. The molecule has 0 aliphatic carbocycles. The number of halogens is 3. The fourth-order valence-electron chi connectivity index (χ4n) is 2.84. The van der Waals surface area contributed by atoms with Crippen LogP contribution in [0.3, 0.4) is 0 Å². The Hall–Kier alpha value is -3.09. The Morgan fingerprint density at radius 1 is 0.962 bits per heavy atom. The topological polar surface area (TPSA) is 49.4 Å². The maximum Gasteiger partial charge on any atom is 0.425 e. The summed E-state index contributed by atoms with van der Waals surface area (Å²) in [6, 6.07) is 14.6. The lowest BCUT2D eigenvalue weighted by Gasteiger charge is -2.29. The highest BCUT2D eigenvalue weighted by molar-refractivity contribution is 6.08. The fourth-order valence-corrected chi connectivity index (χ4v) is 2.84. The molecule has 1 fully saturated rings. The summed E-state index contributed by atoms with van der Waals surface area (Å²) in [7, 11) is 0. The van der Waals surface area contributed by atoms with Gasteiger partial charge in [-0.2, -0.15) is 13.2 Å². The van der Waals surface area contributed by atoms with E-state index in [0.717, 1.165) is 5.56 Å². The summed E-state index contributed by atoms with van der Waals surface area (Å²) in [6.07, 6.45) is -1.86. The first-order valence-corrected chi connectivity index (χ1v) is 7.84. The molecule has 2 aromatic carbocycles. The summed E-state index contributed by atoms with van der Waals surface area (Å²) in [5.41, 5.74) is -2.57. The van der Waals surface area contributed by atoms with Crippen molar-refractivity contribution in [2.75, 3.05) is 6.54 Å². The van der Waals surface area contributed by atoms with Crippen LogP contribution >= 0.6 is 0 Å². The molecule has 7 heteroatoms. The van der Waals surface area contributed by atoms with Gasteiger partial charge in [-0.25, -0.2) is 4.79 Å². The predicted molar refractivity (Wildman–Crippen MR) is 89.9 cm³/mol. The zero-order chi connectivity index (χ0) is 18.8. The number of alkyl halides is 3. The van der Waals surface area contributed by atoms with Crippen LogP contribution in [0.15, 0.2) is 66.7 Å². The van der Waals surface area contributed by atoms with E-state index in [9.17, 15) is 22.8 Å². The van der Waals surface area contributed by atoms with E-state index in [0.29, 0.717) is 4.90 Å². The van der Waals surface area contributed by atoms with Crippen molar-refractivity contribution in [1.82, 2.24) is 10.2 Å². The molecule has 0 aromatic heterocycles. The molecule has 1 saturated heterocycles. The maximum atomic E-state index is 13.8. The molecule has 0 unspecified atom stereocenters. The van der Waals surface area contributed by atoms with Gasteiger partial charge in [0.1, 0.15) is 0 Å². The van der Waals surface area contributed by atoms with Gasteiger partial charge in [0.15, 0.2) is 0 Å². The zero-order valence-electron chi connectivity index (χ0n) is 13.5. The number of benzene rings is 2. The van der Waals surface area contributed by atoms with Crippen molar-refractivity contribution in [2.45, 2.75) is 11.7 Å². The number of rotatable bonds is 4. The van der Waals surface area contributed by atoms with Gasteiger partial charge in [0.05, 0.1) is 0 Å². The molecule has 0 saturated carbocycles. The quantitative estimate of drug-likeness (QED) is 0.845. The van der Waals surface area contributed by atoms with Crippen LogP contribution in [0.25, 0.3) is 6.08 Å². The summed E-state index contributed by atoms with van der Waals surface area (Å²) in [5, 5.41) is 1.85. The Kier molecular flexibility index (Phi) is 4.54. The van der Waals surface area contributed by atoms with Gasteiger partial charge in [0.25, 0.3) is 5.91 Å². The van der Waals surface area contributed by atoms with E-state index < -0.39 is 23.7 Å². The van der Waals surface area contributed by atoms with E-state index in [-0.39, 0.29) is 12.1 Å². The molecule has 26 heavy (non-hydrogen) atoms. The summed E-state index contributed by atoms with van der Waals surface area (Å²) >= 11 is 0. The van der Waals surface area contributed by atoms with Crippen molar-refractivity contribution >= 4 is 18.0 Å². The van der Waals surface area contributed by atoms with Crippen LogP contribution in [0.5, 0.6) is 0 Å². The summed E-state index contributed by atoms with van der Waals surface area (Å²) < 4.78 is 41.4. The largest absolute Gasteiger partial charge is 0.425 e. The Labute approximate surface area is 147 Å². The molecule has 3 rings (SSSR count). The second-order valence-electron chi connectivity index (χ2n) is 5.77. The number of carbonyl (C=O) groups is 2. The third kappa shape index (κ3) is 2.96. The second kappa shape index (κ2) is 6.67. The number of carbonyl (C=O) groups excluding carboxylic acids is 2. The first-order valence-electron chi connectivity index (χ1n) is 7.84. The third-order valence-electron chi connectivity index (χ3n) is 4.14. The number of nitrogens with one attached hydrogen (secondary N) is 1. The van der Waals surface area contributed by atoms with Gasteiger partial charge in [-0.15, -0.1) is 0 Å². The molecule has 1 N–H and O–H groups in total. The van der Waals surface area contributed by atoms with E-state index >= 15 is 0 Å². The number of hydrogen-bond donors (Lipinski definition) is 1. The summed E-state index contributed by atoms with van der Waals surface area (Å²) in [6.45, 7) is -0.260. The summed E-state index contributed by atoms with van der Waals surface area (Å²) in [5.74, 6) is -1.33. The average molecular weight is 360 g/mol. The lowest BCUT2D eigenvalue weighted by atomic mass is 9.89. The number of amides is 3. The standard InChI is InChI=1S/C19H15F3N2O2/c20-19(21,22)18(15-11-5-2-6-12-15)16(25)24(17(26)23-18)13-7-10-14-8-3-1-4-9-14/h1-12H,13H2,(H,23,26)/b10-7+/t18-/m0/s1. The van der Waals surface area contributed by atoms with Crippen molar-refractivity contribution in [3.05, 3.63) is 77.9 Å². The number of urea groups is 1. The monoisotopic (exact) mass is 360 g/mol. The molecule has 4 nitrogen and oxygen atoms in total. The van der Waals surface area contributed by atoms with E-state index in [2.05, 4.69) is 0 Å². The molecular formula is C19H15F3N2O2. The minimum atomic E-state index is -4.97. The van der Waals surface area contributed by atoms with E-state index in [1.807, 2.05) is 11.4 Å². The maximum absolute atomic E-state index is 13.8. The van der Waals surface area contributed by atoms with E-state index in [1.165, 1.54) is 36.4 Å². The number of imide groups is 1. The number of hydrogen-bond acceptors (Lipinski definition) is 2. The van der Waals surface area contributed by atoms with Crippen molar-refractivity contribution in [3.63, 3.8) is 0 Å². The molecule has 1 aliphatic heterocycles. The fraction of sp³-hybridized carbons (Fsp3) is 0.158. The Morgan fingerprint density at radius 2 is 1.54 bits per heavy atom. The van der Waals surface area contributed by atoms with Crippen molar-refractivity contribution in [3.8, 4) is 0 Å². The van der Waals surface area contributed by atoms with E-state index in [4.69, 9.17) is 0 Å². The average Bonchev–Trinajstić information content (AvgIpc) is 2.89. The van der Waals surface area contributed by atoms with Gasteiger partial charge in [0.2, 0.25) is 5.54 Å². The van der Waals surface area contributed by atoms with Gasteiger partial charge < -0.3 is 5.32 Å². The molecule has 0 radical (unpaired) electrons. The van der Waals surface area contributed by atoms with Gasteiger partial charge in [-0.1, -0.05) is 72.8 Å². The zero-order valence-corrected chi connectivity index (χ0v) is 13.5. The molecule has 3 amide bonds. The van der Waals surface area contributed by atoms with Crippen LogP contribution in [0.2, 0.25) is 0 Å². The van der Waals surface area contributed by atoms with Crippen molar-refractivity contribution < 1.29 is 22.8 Å². The van der Waals surface area contributed by atoms with Gasteiger partial charge in [-0.05, 0) is 11.1 Å². The molecule has 0 bridgehead atoms. The minimum Gasteiger partial charge on any atom is -0.312 e. The SMILES string of the molecule is O=C1N[C@](c2ccccc2)(C(F)(F)F)C(=O)N1C/C=C/c1ccccc1. The van der Waals surface area contributed by atoms with Crippen molar-refractivity contribution in [1.29, 1.82) is 0 Å². The highest BCUT2D eigenvalue weighted by atomic mass is 19.4. The van der Waals surface area contributed by atoms with Gasteiger partial charge in [0, 0.05) is 6.54 Å².